The fourth-order valence-electron chi connectivity index (χ4n) is 1.74. The van der Waals surface area contributed by atoms with E-state index in [4.69, 9.17) is 0 Å². The molecule has 0 spiro atoms. The molecule has 0 bridgehead atoms. The quantitative estimate of drug-likeness (QED) is 0.386. The van der Waals surface area contributed by atoms with Gasteiger partial charge in [-0.1, -0.05) is 58.3 Å². The molecule has 1 aliphatic heterocycles. The lowest BCUT2D eigenvalue weighted by molar-refractivity contribution is 0.568. The molecular weight excluding hydrogens is 176 g/mol. The van der Waals surface area contributed by atoms with Gasteiger partial charge in [0.25, 0.3) is 0 Å². The molecular formula is C12H24S. The van der Waals surface area contributed by atoms with Crippen LogP contribution in [0.1, 0.15) is 64.7 Å². The van der Waals surface area contributed by atoms with Crippen molar-refractivity contribution in [1.82, 2.24) is 0 Å². The Morgan fingerprint density at radius 1 is 0.923 bits per heavy atom. The topological polar surface area (TPSA) is 0 Å². The maximum Gasteiger partial charge on any atom is 0.0138 e. The van der Waals surface area contributed by atoms with E-state index in [1.807, 2.05) is 0 Å². The van der Waals surface area contributed by atoms with E-state index in [9.17, 15) is 0 Å². The maximum absolute atomic E-state index is 2.29. The zero-order valence-corrected chi connectivity index (χ0v) is 9.87. The molecule has 1 atom stereocenters. The highest BCUT2D eigenvalue weighted by Crippen LogP contribution is 2.34. The zero-order valence-electron chi connectivity index (χ0n) is 9.06. The minimum atomic E-state index is 1.07. The third kappa shape index (κ3) is 7.42. The van der Waals surface area contributed by atoms with Gasteiger partial charge in [0.05, 0.1) is 0 Å². The maximum atomic E-state index is 2.29. The summed E-state index contributed by atoms with van der Waals surface area (Å²) in [7, 11) is 0. The second-order valence-electron chi connectivity index (χ2n) is 4.22. The van der Waals surface area contributed by atoms with Crippen LogP contribution in [0.5, 0.6) is 0 Å². The molecule has 1 unspecified atom stereocenters. The molecule has 0 nitrogen and oxygen atoms in total. The second-order valence-corrected chi connectivity index (χ2v) is 5.55. The van der Waals surface area contributed by atoms with Crippen molar-refractivity contribution in [2.24, 2.45) is 0 Å². The second kappa shape index (κ2) is 7.73. The van der Waals surface area contributed by atoms with E-state index >= 15 is 0 Å². The van der Waals surface area contributed by atoms with Crippen molar-refractivity contribution in [2.75, 3.05) is 5.75 Å². The highest BCUT2D eigenvalue weighted by molar-refractivity contribution is 8.06. The summed E-state index contributed by atoms with van der Waals surface area (Å²) in [6, 6.07) is 0. The van der Waals surface area contributed by atoms with Crippen molar-refractivity contribution in [2.45, 2.75) is 70.0 Å². The summed E-state index contributed by atoms with van der Waals surface area (Å²) >= 11 is 2.14. The number of hydrogen-bond acceptors (Lipinski definition) is 1. The molecule has 1 aliphatic rings. The molecule has 0 saturated carbocycles. The fourth-order valence-corrected chi connectivity index (χ4v) is 2.38. The first kappa shape index (κ1) is 11.4. The number of thioether (sulfide) groups is 1. The van der Waals surface area contributed by atoms with Crippen LogP contribution in [0.15, 0.2) is 0 Å². The Morgan fingerprint density at radius 3 is 2.00 bits per heavy atom. The van der Waals surface area contributed by atoms with Gasteiger partial charge in [0, 0.05) is 11.0 Å². The molecule has 1 fully saturated rings. The summed E-state index contributed by atoms with van der Waals surface area (Å²) in [6.07, 6.45) is 13.2. The predicted molar refractivity (Wildman–Crippen MR) is 63.5 cm³/mol. The molecule has 1 rings (SSSR count). The van der Waals surface area contributed by atoms with E-state index in [0.717, 1.165) is 5.25 Å². The lowest BCUT2D eigenvalue weighted by Gasteiger charge is -2.00. The monoisotopic (exact) mass is 200 g/mol. The molecule has 1 heteroatoms. The lowest BCUT2D eigenvalue weighted by Crippen LogP contribution is -1.84. The Balaban J connectivity index is 1.63. The van der Waals surface area contributed by atoms with E-state index < -0.39 is 0 Å². The van der Waals surface area contributed by atoms with Crippen LogP contribution in [0.25, 0.3) is 0 Å². The summed E-state index contributed by atoms with van der Waals surface area (Å²) in [5.74, 6) is 1.45. The van der Waals surface area contributed by atoms with Gasteiger partial charge in [-0.2, -0.15) is 11.8 Å². The summed E-state index contributed by atoms with van der Waals surface area (Å²) in [6.45, 7) is 2.29. The van der Waals surface area contributed by atoms with Crippen molar-refractivity contribution in [3.05, 3.63) is 0 Å². The summed E-state index contributed by atoms with van der Waals surface area (Å²) in [5, 5.41) is 1.07. The Morgan fingerprint density at radius 2 is 1.46 bits per heavy atom. The van der Waals surface area contributed by atoms with Crippen LogP contribution in [-0.4, -0.2) is 11.0 Å². The third-order valence-corrected chi connectivity index (χ3v) is 3.82. The van der Waals surface area contributed by atoms with Gasteiger partial charge in [0.1, 0.15) is 0 Å². The molecule has 0 aromatic heterocycles. The van der Waals surface area contributed by atoms with Gasteiger partial charge >= 0.3 is 0 Å². The van der Waals surface area contributed by atoms with Crippen LogP contribution in [0.4, 0.5) is 0 Å². The van der Waals surface area contributed by atoms with Crippen molar-refractivity contribution < 1.29 is 0 Å². The first-order chi connectivity index (χ1) is 6.43. The van der Waals surface area contributed by atoms with Crippen LogP contribution >= 0.6 is 11.8 Å². The standard InChI is InChI=1S/C12H24S/c1-2-3-4-5-6-7-8-9-10-12-11-13-12/h12H,2-11H2,1H3. The smallest absolute Gasteiger partial charge is 0.0138 e. The van der Waals surface area contributed by atoms with Crippen LogP contribution in [-0.2, 0) is 0 Å². The number of hydrogen-bond donors (Lipinski definition) is 0. The van der Waals surface area contributed by atoms with Gasteiger partial charge in [-0.3, -0.25) is 0 Å². The van der Waals surface area contributed by atoms with Gasteiger partial charge in [-0.05, 0) is 6.42 Å². The largest absolute Gasteiger partial charge is 0.157 e. The molecule has 0 radical (unpaired) electrons. The minimum absolute atomic E-state index is 1.07. The van der Waals surface area contributed by atoms with Crippen LogP contribution in [0.3, 0.4) is 0 Å². The molecule has 0 aliphatic carbocycles. The molecule has 0 amide bonds. The Hall–Kier alpha value is 0.350. The van der Waals surface area contributed by atoms with Gasteiger partial charge < -0.3 is 0 Å². The predicted octanol–water partition coefficient (Wildman–Crippen LogP) is 4.63. The zero-order chi connectivity index (χ0) is 9.36. The molecule has 1 saturated heterocycles. The van der Waals surface area contributed by atoms with Crippen molar-refractivity contribution in [3.8, 4) is 0 Å². The van der Waals surface area contributed by atoms with E-state index in [1.54, 1.807) is 0 Å². The molecule has 78 valence electrons. The van der Waals surface area contributed by atoms with E-state index in [1.165, 1.54) is 63.5 Å². The molecule has 13 heavy (non-hydrogen) atoms. The Bertz CT molecular complexity index is 108. The van der Waals surface area contributed by atoms with Crippen LogP contribution in [0, 0.1) is 0 Å². The summed E-state index contributed by atoms with van der Waals surface area (Å²) in [5.41, 5.74) is 0. The van der Waals surface area contributed by atoms with Crippen LogP contribution in [0.2, 0.25) is 0 Å². The van der Waals surface area contributed by atoms with Crippen molar-refractivity contribution in [1.29, 1.82) is 0 Å². The van der Waals surface area contributed by atoms with E-state index in [0.29, 0.717) is 0 Å². The lowest BCUT2D eigenvalue weighted by atomic mass is 10.1. The third-order valence-electron chi connectivity index (χ3n) is 2.78. The first-order valence-electron chi connectivity index (χ1n) is 6.05. The molecule has 0 aromatic carbocycles. The molecule has 0 N–H and O–H groups in total. The van der Waals surface area contributed by atoms with Crippen LogP contribution < -0.4 is 0 Å². The normalized spacial score (nSPS) is 20.5. The Labute approximate surface area is 87.9 Å². The van der Waals surface area contributed by atoms with Gasteiger partial charge in [0.2, 0.25) is 0 Å². The number of unbranched alkanes of at least 4 members (excludes halogenated alkanes) is 7. The fraction of sp³-hybridized carbons (Fsp3) is 1.00. The highest BCUT2D eigenvalue weighted by atomic mass is 32.2. The summed E-state index contributed by atoms with van der Waals surface area (Å²) < 4.78 is 0. The van der Waals surface area contributed by atoms with E-state index in [2.05, 4.69) is 18.7 Å². The molecule has 0 aromatic rings. The van der Waals surface area contributed by atoms with Gasteiger partial charge in [-0.25, -0.2) is 0 Å². The summed E-state index contributed by atoms with van der Waals surface area (Å²) in [4.78, 5) is 0. The average Bonchev–Trinajstić information content (AvgIpc) is 2.93. The highest BCUT2D eigenvalue weighted by Gasteiger charge is 2.20. The number of rotatable bonds is 9. The SMILES string of the molecule is CCCCCCCCCCC1CS1. The average molecular weight is 200 g/mol. The molecule has 1 heterocycles. The minimum Gasteiger partial charge on any atom is -0.157 e. The van der Waals surface area contributed by atoms with Gasteiger partial charge in [0.15, 0.2) is 0 Å². The van der Waals surface area contributed by atoms with Crippen molar-refractivity contribution in [3.63, 3.8) is 0 Å². The van der Waals surface area contributed by atoms with Crippen molar-refractivity contribution >= 4 is 11.8 Å². The Kier molecular flexibility index (Phi) is 6.79. The van der Waals surface area contributed by atoms with Gasteiger partial charge in [-0.15, -0.1) is 0 Å². The van der Waals surface area contributed by atoms with E-state index in [-0.39, 0.29) is 0 Å². The first-order valence-corrected chi connectivity index (χ1v) is 7.10.